The predicted molar refractivity (Wildman–Crippen MR) is 70.2 cm³/mol. The standard InChI is InChI=1S/C13H12FNO2S/c1-7-5-8(3-4-10(7)14)9-6-18-12(11(9)15)13(16)17-2/h3-6H,15H2,1-2H3. The van der Waals surface area contributed by atoms with Crippen LogP contribution in [0.15, 0.2) is 23.6 Å². The second-order valence-corrected chi connectivity index (χ2v) is 4.73. The molecule has 0 unspecified atom stereocenters. The van der Waals surface area contributed by atoms with Crippen LogP contribution in [0, 0.1) is 12.7 Å². The van der Waals surface area contributed by atoms with Gasteiger partial charge in [0.2, 0.25) is 0 Å². The van der Waals surface area contributed by atoms with E-state index in [2.05, 4.69) is 4.74 Å². The fraction of sp³-hybridized carbons (Fsp3) is 0.154. The van der Waals surface area contributed by atoms with Crippen LogP contribution in [0.2, 0.25) is 0 Å². The van der Waals surface area contributed by atoms with Crippen molar-refractivity contribution < 1.29 is 13.9 Å². The Hall–Kier alpha value is -1.88. The number of hydrogen-bond donors (Lipinski definition) is 1. The third-order valence-electron chi connectivity index (χ3n) is 2.67. The van der Waals surface area contributed by atoms with Crippen molar-refractivity contribution in [3.05, 3.63) is 39.8 Å². The number of aryl methyl sites for hydroxylation is 1. The van der Waals surface area contributed by atoms with Crippen molar-refractivity contribution in [3.63, 3.8) is 0 Å². The van der Waals surface area contributed by atoms with Crippen molar-refractivity contribution in [2.24, 2.45) is 0 Å². The van der Waals surface area contributed by atoms with E-state index in [1.165, 1.54) is 24.5 Å². The number of hydrogen-bond acceptors (Lipinski definition) is 4. The number of carbonyl (C=O) groups is 1. The molecule has 1 heterocycles. The average Bonchev–Trinajstić information content (AvgIpc) is 2.74. The summed E-state index contributed by atoms with van der Waals surface area (Å²) >= 11 is 1.22. The Morgan fingerprint density at radius 3 is 2.78 bits per heavy atom. The molecule has 5 heteroatoms. The molecular weight excluding hydrogens is 253 g/mol. The summed E-state index contributed by atoms with van der Waals surface area (Å²) in [5.74, 6) is -0.719. The van der Waals surface area contributed by atoms with E-state index in [4.69, 9.17) is 5.73 Å². The first kappa shape index (κ1) is 12.6. The molecule has 0 amide bonds. The van der Waals surface area contributed by atoms with Crippen LogP contribution in [0.5, 0.6) is 0 Å². The van der Waals surface area contributed by atoms with Gasteiger partial charge in [-0.2, -0.15) is 0 Å². The molecule has 2 aromatic rings. The molecule has 0 radical (unpaired) electrons. The molecule has 1 aromatic carbocycles. The minimum absolute atomic E-state index is 0.263. The molecule has 2 N–H and O–H groups in total. The number of esters is 1. The maximum Gasteiger partial charge on any atom is 0.350 e. The van der Waals surface area contributed by atoms with Gasteiger partial charge in [0.05, 0.1) is 12.8 Å². The number of anilines is 1. The SMILES string of the molecule is COC(=O)c1scc(-c2ccc(F)c(C)c2)c1N. The molecule has 0 spiro atoms. The first-order valence-corrected chi connectivity index (χ1v) is 6.14. The normalized spacial score (nSPS) is 10.4. The summed E-state index contributed by atoms with van der Waals surface area (Å²) in [6.07, 6.45) is 0. The quantitative estimate of drug-likeness (QED) is 0.848. The monoisotopic (exact) mass is 265 g/mol. The van der Waals surface area contributed by atoms with E-state index >= 15 is 0 Å². The topological polar surface area (TPSA) is 52.3 Å². The smallest absolute Gasteiger partial charge is 0.350 e. The molecule has 0 saturated carbocycles. The minimum Gasteiger partial charge on any atom is -0.465 e. The summed E-state index contributed by atoms with van der Waals surface area (Å²) in [6, 6.07) is 4.73. The van der Waals surface area contributed by atoms with Crippen molar-refractivity contribution in [2.75, 3.05) is 12.8 Å². The Morgan fingerprint density at radius 2 is 2.17 bits per heavy atom. The molecule has 94 valence electrons. The molecule has 0 saturated heterocycles. The van der Waals surface area contributed by atoms with Crippen molar-refractivity contribution >= 4 is 23.0 Å². The van der Waals surface area contributed by atoms with Crippen LogP contribution in [0.25, 0.3) is 11.1 Å². The number of nitrogens with two attached hydrogens (primary N) is 1. The predicted octanol–water partition coefficient (Wildman–Crippen LogP) is 3.23. The van der Waals surface area contributed by atoms with Crippen LogP contribution >= 0.6 is 11.3 Å². The molecule has 0 fully saturated rings. The third kappa shape index (κ3) is 2.09. The highest BCUT2D eigenvalue weighted by molar-refractivity contribution is 7.13. The van der Waals surface area contributed by atoms with Gasteiger partial charge in [-0.15, -0.1) is 11.3 Å². The Balaban J connectivity index is 2.48. The fourth-order valence-corrected chi connectivity index (χ4v) is 2.57. The molecule has 0 aliphatic carbocycles. The first-order valence-electron chi connectivity index (χ1n) is 5.26. The van der Waals surface area contributed by atoms with Crippen molar-refractivity contribution in [1.29, 1.82) is 0 Å². The van der Waals surface area contributed by atoms with Gasteiger partial charge in [0.15, 0.2) is 0 Å². The average molecular weight is 265 g/mol. The van der Waals surface area contributed by atoms with Crippen molar-refractivity contribution in [1.82, 2.24) is 0 Å². The van der Waals surface area contributed by atoms with Gasteiger partial charge in [0.25, 0.3) is 0 Å². The van der Waals surface area contributed by atoms with Gasteiger partial charge in [0, 0.05) is 10.9 Å². The number of carbonyl (C=O) groups excluding carboxylic acids is 1. The lowest BCUT2D eigenvalue weighted by atomic mass is 10.0. The van der Waals surface area contributed by atoms with Gasteiger partial charge in [-0.25, -0.2) is 9.18 Å². The highest BCUT2D eigenvalue weighted by atomic mass is 32.1. The van der Waals surface area contributed by atoms with Gasteiger partial charge in [-0.3, -0.25) is 0 Å². The molecule has 18 heavy (non-hydrogen) atoms. The van der Waals surface area contributed by atoms with Crippen LogP contribution in [0.4, 0.5) is 10.1 Å². The van der Waals surface area contributed by atoms with E-state index in [9.17, 15) is 9.18 Å². The Kier molecular flexibility index (Phi) is 3.34. The van der Waals surface area contributed by atoms with Crippen LogP contribution in [0.3, 0.4) is 0 Å². The van der Waals surface area contributed by atoms with E-state index in [-0.39, 0.29) is 5.82 Å². The van der Waals surface area contributed by atoms with Crippen molar-refractivity contribution in [2.45, 2.75) is 6.92 Å². The van der Waals surface area contributed by atoms with Gasteiger partial charge >= 0.3 is 5.97 Å². The van der Waals surface area contributed by atoms with E-state index < -0.39 is 5.97 Å². The lowest BCUT2D eigenvalue weighted by Gasteiger charge is -2.04. The van der Waals surface area contributed by atoms with Gasteiger partial charge in [-0.1, -0.05) is 6.07 Å². The molecule has 0 aliphatic rings. The lowest BCUT2D eigenvalue weighted by molar-refractivity contribution is 0.0607. The molecule has 0 bridgehead atoms. The highest BCUT2D eigenvalue weighted by Gasteiger charge is 2.17. The third-order valence-corrected chi connectivity index (χ3v) is 3.64. The molecule has 0 aliphatic heterocycles. The van der Waals surface area contributed by atoms with Crippen molar-refractivity contribution in [3.8, 4) is 11.1 Å². The second kappa shape index (κ2) is 4.78. The summed E-state index contributed by atoms with van der Waals surface area (Å²) in [6.45, 7) is 1.68. The fourth-order valence-electron chi connectivity index (χ4n) is 1.65. The zero-order valence-corrected chi connectivity index (χ0v) is 10.8. The number of nitrogen functional groups attached to an aromatic ring is 1. The number of rotatable bonds is 2. The largest absolute Gasteiger partial charge is 0.465 e. The van der Waals surface area contributed by atoms with Crippen LogP contribution in [0.1, 0.15) is 15.2 Å². The maximum atomic E-state index is 13.2. The number of thiophene rings is 1. The van der Waals surface area contributed by atoms with Gasteiger partial charge in [-0.05, 0) is 30.2 Å². The van der Waals surface area contributed by atoms with E-state index in [1.807, 2.05) is 0 Å². The van der Waals surface area contributed by atoms with E-state index in [0.29, 0.717) is 16.1 Å². The van der Waals surface area contributed by atoms with Gasteiger partial charge in [0.1, 0.15) is 10.7 Å². The van der Waals surface area contributed by atoms with E-state index in [1.54, 1.807) is 24.4 Å². The van der Waals surface area contributed by atoms with E-state index in [0.717, 1.165) is 11.1 Å². The van der Waals surface area contributed by atoms with Crippen LogP contribution in [-0.2, 0) is 4.74 Å². The Labute approximate surface area is 108 Å². The lowest BCUT2D eigenvalue weighted by Crippen LogP contribution is -2.02. The van der Waals surface area contributed by atoms with Gasteiger partial charge < -0.3 is 10.5 Å². The maximum absolute atomic E-state index is 13.2. The number of halogens is 1. The molecular formula is C13H12FNO2S. The summed E-state index contributed by atoms with van der Waals surface area (Å²) in [7, 11) is 1.31. The summed E-state index contributed by atoms with van der Waals surface area (Å²) in [5, 5.41) is 1.77. The Bertz CT molecular complexity index is 607. The molecule has 1 aromatic heterocycles. The zero-order valence-electron chi connectivity index (χ0n) is 9.99. The second-order valence-electron chi connectivity index (χ2n) is 3.85. The molecule has 3 nitrogen and oxygen atoms in total. The number of benzene rings is 1. The molecule has 0 atom stereocenters. The Morgan fingerprint density at radius 1 is 1.44 bits per heavy atom. The van der Waals surface area contributed by atoms with Crippen LogP contribution in [-0.4, -0.2) is 13.1 Å². The summed E-state index contributed by atoms with van der Waals surface area (Å²) < 4.78 is 17.8. The van der Waals surface area contributed by atoms with Crippen LogP contribution < -0.4 is 5.73 Å². The summed E-state index contributed by atoms with van der Waals surface area (Å²) in [4.78, 5) is 11.8. The number of ether oxygens (including phenoxy) is 1. The number of methoxy groups -OCH3 is 1. The molecule has 2 rings (SSSR count). The zero-order chi connectivity index (χ0) is 13.3. The first-order chi connectivity index (χ1) is 8.54. The minimum atomic E-state index is -0.456. The summed E-state index contributed by atoms with van der Waals surface area (Å²) in [5.41, 5.74) is 8.34. The highest BCUT2D eigenvalue weighted by Crippen LogP contribution is 2.35.